The number of benzene rings is 1. The average Bonchev–Trinajstić information content (AvgIpc) is 2.45. The van der Waals surface area contributed by atoms with Crippen LogP contribution in [0.4, 0.5) is 0 Å². The molecule has 4 heteroatoms. The van der Waals surface area contributed by atoms with Crippen LogP contribution in [0.1, 0.15) is 38.2 Å². The highest BCUT2D eigenvalue weighted by molar-refractivity contribution is 6.30. The first kappa shape index (κ1) is 18.4. The van der Waals surface area contributed by atoms with Crippen LogP contribution in [0.25, 0.3) is 0 Å². The summed E-state index contributed by atoms with van der Waals surface area (Å²) in [5, 5.41) is 4.30. The van der Waals surface area contributed by atoms with Gasteiger partial charge < -0.3 is 14.8 Å². The molecule has 0 saturated carbocycles. The first-order valence-corrected chi connectivity index (χ1v) is 8.06. The molecular weight excluding hydrogens is 286 g/mol. The molecule has 1 N–H and O–H groups in total. The zero-order valence-corrected chi connectivity index (χ0v) is 14.2. The molecule has 0 fully saturated rings. The second kappa shape index (κ2) is 11.0. The molecule has 0 amide bonds. The van der Waals surface area contributed by atoms with E-state index in [4.69, 9.17) is 21.1 Å². The number of hydrogen-bond acceptors (Lipinski definition) is 3. The Hall–Kier alpha value is -0.610. The SMILES string of the molecule is COCCCOCCC(CNC(C)C)c1cccc(Cl)c1. The molecule has 0 saturated heterocycles. The molecule has 3 nitrogen and oxygen atoms in total. The van der Waals surface area contributed by atoms with Crippen molar-refractivity contribution in [2.45, 2.75) is 38.6 Å². The van der Waals surface area contributed by atoms with Gasteiger partial charge in [-0.2, -0.15) is 0 Å². The summed E-state index contributed by atoms with van der Waals surface area (Å²) in [6.45, 7) is 7.55. The number of nitrogens with one attached hydrogen (secondary N) is 1. The van der Waals surface area contributed by atoms with Crippen molar-refractivity contribution < 1.29 is 9.47 Å². The maximum Gasteiger partial charge on any atom is 0.0487 e. The topological polar surface area (TPSA) is 30.5 Å². The largest absolute Gasteiger partial charge is 0.385 e. The van der Waals surface area contributed by atoms with E-state index in [-0.39, 0.29) is 0 Å². The Morgan fingerprint density at radius 2 is 2.00 bits per heavy atom. The van der Waals surface area contributed by atoms with Crippen molar-refractivity contribution in [2.24, 2.45) is 0 Å². The van der Waals surface area contributed by atoms with Crippen molar-refractivity contribution >= 4 is 11.6 Å². The van der Waals surface area contributed by atoms with Gasteiger partial charge in [-0.3, -0.25) is 0 Å². The summed E-state index contributed by atoms with van der Waals surface area (Å²) in [5.74, 6) is 0.425. The number of ether oxygens (including phenoxy) is 2. The molecule has 0 heterocycles. The number of hydrogen-bond donors (Lipinski definition) is 1. The molecule has 0 aliphatic heterocycles. The Morgan fingerprint density at radius 3 is 2.67 bits per heavy atom. The second-order valence-corrected chi connectivity index (χ2v) is 6.00. The normalized spacial score (nSPS) is 12.8. The summed E-state index contributed by atoms with van der Waals surface area (Å²) in [5.41, 5.74) is 1.27. The summed E-state index contributed by atoms with van der Waals surface area (Å²) in [7, 11) is 1.72. The van der Waals surface area contributed by atoms with Gasteiger partial charge >= 0.3 is 0 Å². The van der Waals surface area contributed by atoms with Crippen LogP contribution in [0.3, 0.4) is 0 Å². The molecule has 21 heavy (non-hydrogen) atoms. The smallest absolute Gasteiger partial charge is 0.0487 e. The van der Waals surface area contributed by atoms with Gasteiger partial charge in [-0.15, -0.1) is 0 Å². The molecule has 0 radical (unpaired) electrons. The van der Waals surface area contributed by atoms with E-state index in [1.54, 1.807) is 7.11 Å². The second-order valence-electron chi connectivity index (χ2n) is 5.56. The lowest BCUT2D eigenvalue weighted by molar-refractivity contribution is 0.0979. The fourth-order valence-corrected chi connectivity index (χ4v) is 2.36. The fourth-order valence-electron chi connectivity index (χ4n) is 2.16. The van der Waals surface area contributed by atoms with Crippen LogP contribution >= 0.6 is 11.6 Å². The van der Waals surface area contributed by atoms with Crippen LogP contribution in [-0.4, -0.2) is 39.5 Å². The maximum atomic E-state index is 6.10. The minimum atomic E-state index is 0.425. The van der Waals surface area contributed by atoms with Gasteiger partial charge in [0.25, 0.3) is 0 Å². The molecule has 1 rings (SSSR count). The molecule has 1 atom stereocenters. The third kappa shape index (κ3) is 8.42. The summed E-state index contributed by atoms with van der Waals surface area (Å²) >= 11 is 6.10. The van der Waals surface area contributed by atoms with Gasteiger partial charge in [0.1, 0.15) is 0 Å². The summed E-state index contributed by atoms with van der Waals surface area (Å²) < 4.78 is 10.7. The monoisotopic (exact) mass is 313 g/mol. The molecule has 0 aliphatic carbocycles. The highest BCUT2D eigenvalue weighted by Gasteiger charge is 2.12. The van der Waals surface area contributed by atoms with E-state index in [1.165, 1.54) is 5.56 Å². The molecule has 0 aliphatic rings. The molecule has 120 valence electrons. The fraction of sp³-hybridized carbons (Fsp3) is 0.647. The minimum Gasteiger partial charge on any atom is -0.385 e. The molecule has 0 aromatic heterocycles. The first-order chi connectivity index (χ1) is 10.1. The average molecular weight is 314 g/mol. The van der Waals surface area contributed by atoms with E-state index < -0.39 is 0 Å². The van der Waals surface area contributed by atoms with Gasteiger partial charge in [0.05, 0.1) is 0 Å². The molecule has 1 aromatic rings. The standard InChI is InChI=1S/C17H28ClNO2/c1-14(2)19-13-16(8-11-21-10-5-9-20-3)15-6-4-7-17(18)12-15/h4,6-7,12,14,16,19H,5,8-11,13H2,1-3H3. The van der Waals surface area contributed by atoms with Crippen LogP contribution in [-0.2, 0) is 9.47 Å². The van der Waals surface area contributed by atoms with E-state index in [1.807, 2.05) is 12.1 Å². The molecule has 0 spiro atoms. The van der Waals surface area contributed by atoms with Gasteiger partial charge in [-0.25, -0.2) is 0 Å². The number of rotatable bonds is 11. The summed E-state index contributed by atoms with van der Waals surface area (Å²) in [6, 6.07) is 8.61. The van der Waals surface area contributed by atoms with E-state index in [0.29, 0.717) is 12.0 Å². The van der Waals surface area contributed by atoms with Crippen LogP contribution in [0, 0.1) is 0 Å². The van der Waals surface area contributed by atoms with Crippen molar-refractivity contribution in [1.82, 2.24) is 5.32 Å². The molecular formula is C17H28ClNO2. The van der Waals surface area contributed by atoms with Crippen LogP contribution < -0.4 is 5.32 Å². The van der Waals surface area contributed by atoms with Crippen molar-refractivity contribution in [3.8, 4) is 0 Å². The van der Waals surface area contributed by atoms with Crippen molar-refractivity contribution in [3.63, 3.8) is 0 Å². The van der Waals surface area contributed by atoms with Gasteiger partial charge in [-0.1, -0.05) is 37.6 Å². The third-order valence-corrected chi connectivity index (χ3v) is 3.58. The lowest BCUT2D eigenvalue weighted by Gasteiger charge is -2.20. The highest BCUT2D eigenvalue weighted by atomic mass is 35.5. The van der Waals surface area contributed by atoms with Crippen molar-refractivity contribution in [3.05, 3.63) is 34.9 Å². The highest BCUT2D eigenvalue weighted by Crippen LogP contribution is 2.22. The van der Waals surface area contributed by atoms with Crippen LogP contribution in [0.5, 0.6) is 0 Å². The van der Waals surface area contributed by atoms with Gasteiger partial charge in [0, 0.05) is 44.5 Å². The number of methoxy groups -OCH3 is 1. The molecule has 1 aromatic carbocycles. The Kier molecular flexibility index (Phi) is 9.68. The summed E-state index contributed by atoms with van der Waals surface area (Å²) in [6.07, 6.45) is 1.94. The van der Waals surface area contributed by atoms with Crippen molar-refractivity contribution in [1.29, 1.82) is 0 Å². The predicted octanol–water partition coefficient (Wildman–Crippen LogP) is 3.86. The predicted molar refractivity (Wildman–Crippen MR) is 89.3 cm³/mol. The molecule has 0 bridgehead atoms. The third-order valence-electron chi connectivity index (χ3n) is 3.34. The van der Waals surface area contributed by atoms with Gasteiger partial charge in [0.15, 0.2) is 0 Å². The van der Waals surface area contributed by atoms with Crippen LogP contribution in [0.2, 0.25) is 5.02 Å². The summed E-state index contributed by atoms with van der Waals surface area (Å²) in [4.78, 5) is 0. The Balaban J connectivity index is 2.45. The first-order valence-electron chi connectivity index (χ1n) is 7.69. The van der Waals surface area contributed by atoms with E-state index in [2.05, 4.69) is 31.3 Å². The Bertz CT molecular complexity index is 385. The minimum absolute atomic E-state index is 0.425. The zero-order chi connectivity index (χ0) is 15.5. The van der Waals surface area contributed by atoms with E-state index in [9.17, 15) is 0 Å². The number of halogens is 1. The maximum absolute atomic E-state index is 6.10. The Labute approximate surface area is 134 Å². The van der Waals surface area contributed by atoms with Gasteiger partial charge in [-0.05, 0) is 36.5 Å². The quantitative estimate of drug-likeness (QED) is 0.629. The van der Waals surface area contributed by atoms with Crippen molar-refractivity contribution in [2.75, 3.05) is 33.5 Å². The van der Waals surface area contributed by atoms with Gasteiger partial charge in [0.2, 0.25) is 0 Å². The van der Waals surface area contributed by atoms with E-state index in [0.717, 1.165) is 44.2 Å². The molecule has 1 unspecified atom stereocenters. The Morgan fingerprint density at radius 1 is 1.19 bits per heavy atom. The zero-order valence-electron chi connectivity index (χ0n) is 13.4. The van der Waals surface area contributed by atoms with Crippen LogP contribution in [0.15, 0.2) is 24.3 Å². The van der Waals surface area contributed by atoms with E-state index >= 15 is 0 Å². The lowest BCUT2D eigenvalue weighted by atomic mass is 9.95. The lowest BCUT2D eigenvalue weighted by Crippen LogP contribution is -2.28.